The van der Waals surface area contributed by atoms with Gasteiger partial charge < -0.3 is 4.57 Å². The average molecular weight is 745 g/mol. The maximum atomic E-state index is 5.42. The van der Waals surface area contributed by atoms with Gasteiger partial charge >= 0.3 is 0 Å². The van der Waals surface area contributed by atoms with Crippen LogP contribution < -0.4 is 0 Å². The van der Waals surface area contributed by atoms with Crippen molar-refractivity contribution >= 4 is 75.9 Å². The van der Waals surface area contributed by atoms with Gasteiger partial charge in [-0.1, -0.05) is 146 Å². The van der Waals surface area contributed by atoms with E-state index < -0.39 is 0 Å². The van der Waals surface area contributed by atoms with E-state index in [4.69, 9.17) is 9.97 Å². The van der Waals surface area contributed by atoms with Crippen LogP contribution in [-0.4, -0.2) is 19.1 Å². The Morgan fingerprint density at radius 3 is 1.84 bits per heavy atom. The van der Waals surface area contributed by atoms with Crippen LogP contribution in [0.1, 0.15) is 0 Å². The predicted octanol–water partition coefficient (Wildman–Crippen LogP) is 14.0. The molecule has 8 aromatic carbocycles. The predicted molar refractivity (Wildman–Crippen MR) is 240 cm³/mol. The number of hydrogen-bond donors (Lipinski definition) is 0. The molecule has 57 heavy (non-hydrogen) atoms. The highest BCUT2D eigenvalue weighted by molar-refractivity contribution is 7.22. The maximum Gasteiger partial charge on any atom is 0.235 e. The Bertz CT molecular complexity index is 3510. The molecule has 4 aromatic heterocycles. The van der Waals surface area contributed by atoms with E-state index in [-0.39, 0.29) is 0 Å². The van der Waals surface area contributed by atoms with Gasteiger partial charge in [0.15, 0.2) is 0 Å². The zero-order chi connectivity index (χ0) is 37.5. The van der Waals surface area contributed by atoms with E-state index in [1.54, 1.807) is 11.3 Å². The lowest BCUT2D eigenvalue weighted by Crippen LogP contribution is -2.02. The molecular formula is C52H32N4S. The van der Waals surface area contributed by atoms with Crippen LogP contribution in [0.2, 0.25) is 0 Å². The standard InChI is InChI=1S/C52H32N4S/c1-4-15-34(16-5-1)48-32-43-51(57-48)50(35-17-6-2-7-18-35)54-52(53-43)56-44-23-13-12-22-40(44)41-27-24-37(31-47(41)56)36-26-28-45-42(30-36)49-39-21-11-10-14-33(39)25-29-46(49)55(45)38-19-8-3-9-20-38/h1-32H. The third-order valence-corrected chi connectivity index (χ3v) is 12.5. The van der Waals surface area contributed by atoms with E-state index in [1.165, 1.54) is 53.8 Å². The minimum Gasteiger partial charge on any atom is -0.309 e. The third kappa shape index (κ3) is 4.99. The van der Waals surface area contributed by atoms with Crippen molar-refractivity contribution in [2.45, 2.75) is 0 Å². The van der Waals surface area contributed by atoms with Crippen molar-refractivity contribution in [1.29, 1.82) is 0 Å². The normalized spacial score (nSPS) is 11.9. The third-order valence-electron chi connectivity index (χ3n) is 11.3. The van der Waals surface area contributed by atoms with Gasteiger partial charge in [-0.05, 0) is 76.0 Å². The summed E-state index contributed by atoms with van der Waals surface area (Å²) in [5.74, 6) is 0.662. The molecule has 0 radical (unpaired) electrons. The van der Waals surface area contributed by atoms with Crippen molar-refractivity contribution in [2.75, 3.05) is 0 Å². The molecule has 0 amide bonds. The molecule has 0 saturated heterocycles. The average Bonchev–Trinajstić information content (AvgIpc) is 3.97. The molecule has 0 aliphatic rings. The number of para-hydroxylation sites is 2. The van der Waals surface area contributed by atoms with Crippen molar-refractivity contribution in [1.82, 2.24) is 19.1 Å². The smallest absolute Gasteiger partial charge is 0.235 e. The summed E-state index contributed by atoms with van der Waals surface area (Å²) < 4.78 is 5.74. The zero-order valence-electron chi connectivity index (χ0n) is 30.7. The molecule has 4 nitrogen and oxygen atoms in total. The zero-order valence-corrected chi connectivity index (χ0v) is 31.5. The van der Waals surface area contributed by atoms with Crippen LogP contribution in [0.3, 0.4) is 0 Å². The summed E-state index contributed by atoms with van der Waals surface area (Å²) in [7, 11) is 0. The molecule has 4 heterocycles. The summed E-state index contributed by atoms with van der Waals surface area (Å²) in [5, 5.41) is 7.34. The Morgan fingerprint density at radius 2 is 1.02 bits per heavy atom. The summed E-state index contributed by atoms with van der Waals surface area (Å²) >= 11 is 1.75. The van der Waals surface area contributed by atoms with Gasteiger partial charge in [-0.3, -0.25) is 4.57 Å². The fourth-order valence-corrected chi connectivity index (χ4v) is 9.86. The van der Waals surface area contributed by atoms with E-state index in [1.807, 2.05) is 0 Å². The summed E-state index contributed by atoms with van der Waals surface area (Å²) in [5.41, 5.74) is 12.1. The Morgan fingerprint density at radius 1 is 0.386 bits per heavy atom. The molecule has 0 unspecified atom stereocenters. The molecule has 0 atom stereocenters. The molecule has 12 rings (SSSR count). The lowest BCUT2D eigenvalue weighted by Gasteiger charge is -2.11. The van der Waals surface area contributed by atoms with Crippen molar-refractivity contribution in [3.63, 3.8) is 0 Å². The molecule has 0 spiro atoms. The lowest BCUT2D eigenvalue weighted by molar-refractivity contribution is 1.02. The Kier molecular flexibility index (Phi) is 7.06. The van der Waals surface area contributed by atoms with Gasteiger partial charge in [0, 0.05) is 37.7 Å². The number of rotatable bonds is 5. The van der Waals surface area contributed by atoms with E-state index in [0.717, 1.165) is 49.3 Å². The van der Waals surface area contributed by atoms with Crippen molar-refractivity contribution in [3.05, 3.63) is 194 Å². The first-order valence-corrected chi connectivity index (χ1v) is 20.1. The number of aromatic nitrogens is 4. The summed E-state index contributed by atoms with van der Waals surface area (Å²) in [6.45, 7) is 0. The fraction of sp³-hybridized carbons (Fsp3) is 0. The van der Waals surface area contributed by atoms with Gasteiger partial charge in [-0.25, -0.2) is 9.97 Å². The number of hydrogen-bond acceptors (Lipinski definition) is 3. The molecule has 266 valence electrons. The summed E-state index contributed by atoms with van der Waals surface area (Å²) in [6, 6.07) is 69.6. The van der Waals surface area contributed by atoms with Crippen LogP contribution in [0.15, 0.2) is 194 Å². The first-order chi connectivity index (χ1) is 28.3. The van der Waals surface area contributed by atoms with Gasteiger partial charge in [0.2, 0.25) is 5.95 Å². The van der Waals surface area contributed by atoms with Crippen LogP contribution in [0.25, 0.3) is 109 Å². The highest BCUT2D eigenvalue weighted by Crippen LogP contribution is 2.42. The Hall–Kier alpha value is -7.34. The van der Waals surface area contributed by atoms with Crippen molar-refractivity contribution < 1.29 is 0 Å². The fourth-order valence-electron chi connectivity index (χ4n) is 8.74. The molecule has 0 fully saturated rings. The minimum atomic E-state index is 0.662. The maximum absolute atomic E-state index is 5.42. The second-order valence-electron chi connectivity index (χ2n) is 14.6. The van der Waals surface area contributed by atoms with Crippen LogP contribution in [-0.2, 0) is 0 Å². The van der Waals surface area contributed by atoms with Gasteiger partial charge in [0.1, 0.15) is 0 Å². The van der Waals surface area contributed by atoms with Crippen LogP contribution >= 0.6 is 11.3 Å². The summed E-state index contributed by atoms with van der Waals surface area (Å²) in [4.78, 5) is 11.9. The quantitative estimate of drug-likeness (QED) is 0.176. The molecule has 0 saturated carbocycles. The van der Waals surface area contributed by atoms with E-state index >= 15 is 0 Å². The first kappa shape index (κ1) is 32.0. The molecule has 0 N–H and O–H groups in total. The van der Waals surface area contributed by atoms with E-state index in [0.29, 0.717) is 5.95 Å². The van der Waals surface area contributed by atoms with Crippen LogP contribution in [0.4, 0.5) is 0 Å². The van der Waals surface area contributed by atoms with Crippen LogP contribution in [0.5, 0.6) is 0 Å². The lowest BCUT2D eigenvalue weighted by atomic mass is 9.99. The highest BCUT2D eigenvalue weighted by Gasteiger charge is 2.21. The second-order valence-corrected chi connectivity index (χ2v) is 15.6. The Balaban J connectivity index is 1.10. The highest BCUT2D eigenvalue weighted by atomic mass is 32.1. The monoisotopic (exact) mass is 744 g/mol. The van der Waals surface area contributed by atoms with Gasteiger partial charge in [0.25, 0.3) is 0 Å². The molecule has 12 aromatic rings. The van der Waals surface area contributed by atoms with Crippen molar-refractivity contribution in [2.24, 2.45) is 0 Å². The van der Waals surface area contributed by atoms with E-state index in [9.17, 15) is 0 Å². The van der Waals surface area contributed by atoms with Crippen LogP contribution in [0, 0.1) is 0 Å². The molecule has 5 heteroatoms. The SMILES string of the molecule is c1ccc(-c2cc3nc(-n4c5ccccc5c5ccc(-c6ccc7c(c6)c6c8ccccc8ccc6n7-c6ccccc6)cc54)nc(-c4ccccc4)c3s2)cc1. The minimum absolute atomic E-state index is 0.662. The number of fused-ring (bicyclic) bond motifs is 9. The van der Waals surface area contributed by atoms with Gasteiger partial charge in [0.05, 0.1) is 38.0 Å². The first-order valence-electron chi connectivity index (χ1n) is 19.2. The molecular weight excluding hydrogens is 713 g/mol. The molecule has 0 aliphatic heterocycles. The number of thiophene rings is 1. The van der Waals surface area contributed by atoms with E-state index in [2.05, 4.69) is 203 Å². The second kappa shape index (κ2) is 12.6. The largest absolute Gasteiger partial charge is 0.309 e. The number of nitrogens with zero attached hydrogens (tertiary/aromatic N) is 4. The molecule has 0 aliphatic carbocycles. The Labute approximate surface area is 332 Å². The van der Waals surface area contributed by atoms with Gasteiger partial charge in [-0.15, -0.1) is 11.3 Å². The number of benzene rings is 8. The molecule has 0 bridgehead atoms. The van der Waals surface area contributed by atoms with Gasteiger partial charge in [-0.2, -0.15) is 0 Å². The topological polar surface area (TPSA) is 35.6 Å². The summed E-state index contributed by atoms with van der Waals surface area (Å²) in [6.07, 6.45) is 0. The van der Waals surface area contributed by atoms with Crippen molar-refractivity contribution in [3.8, 4) is 44.5 Å².